The van der Waals surface area contributed by atoms with Gasteiger partial charge in [0.1, 0.15) is 5.75 Å². The van der Waals surface area contributed by atoms with Crippen LogP contribution in [0.3, 0.4) is 0 Å². The van der Waals surface area contributed by atoms with E-state index in [4.69, 9.17) is 4.74 Å². The molecule has 0 aliphatic carbocycles. The van der Waals surface area contributed by atoms with Crippen LogP contribution in [0.4, 0.5) is 5.69 Å². The topological polar surface area (TPSA) is 42.8 Å². The third kappa shape index (κ3) is 4.23. The summed E-state index contributed by atoms with van der Waals surface area (Å²) in [6.07, 6.45) is 3.76. The number of anilines is 1. The fraction of sp³-hybridized carbons (Fsp3) is 0.562. The highest BCUT2D eigenvalue weighted by atomic mass is 16.5. The molecule has 0 bridgehead atoms. The lowest BCUT2D eigenvalue weighted by Crippen LogP contribution is -3.17. The van der Waals surface area contributed by atoms with Gasteiger partial charge in [0.05, 0.1) is 19.2 Å². The summed E-state index contributed by atoms with van der Waals surface area (Å²) >= 11 is 0. The molecule has 2 N–H and O–H groups in total. The van der Waals surface area contributed by atoms with Gasteiger partial charge in [-0.3, -0.25) is 4.79 Å². The average molecular weight is 277 g/mol. The van der Waals surface area contributed by atoms with Gasteiger partial charge in [-0.25, -0.2) is 0 Å². The van der Waals surface area contributed by atoms with E-state index in [-0.39, 0.29) is 5.91 Å². The van der Waals surface area contributed by atoms with Crippen LogP contribution < -0.4 is 15.0 Å². The van der Waals surface area contributed by atoms with Crippen molar-refractivity contribution < 1.29 is 14.4 Å². The van der Waals surface area contributed by atoms with Crippen LogP contribution in [-0.2, 0) is 4.79 Å². The van der Waals surface area contributed by atoms with Crippen LogP contribution in [0.1, 0.15) is 33.1 Å². The van der Waals surface area contributed by atoms with Crippen molar-refractivity contribution in [1.29, 1.82) is 0 Å². The van der Waals surface area contributed by atoms with Crippen molar-refractivity contribution in [3.8, 4) is 5.75 Å². The predicted molar refractivity (Wildman–Crippen MR) is 80.3 cm³/mol. The Balaban J connectivity index is 1.84. The highest BCUT2D eigenvalue weighted by molar-refractivity contribution is 5.91. The van der Waals surface area contributed by atoms with Crippen LogP contribution >= 0.6 is 0 Å². The predicted octanol–water partition coefficient (Wildman–Crippen LogP) is 1.48. The number of nitrogens with one attached hydrogen (secondary N) is 2. The van der Waals surface area contributed by atoms with Gasteiger partial charge < -0.3 is 15.0 Å². The monoisotopic (exact) mass is 277 g/mol. The molecule has 1 aliphatic rings. The molecule has 1 heterocycles. The number of hydrogen-bond donors (Lipinski definition) is 2. The molecule has 4 heteroatoms. The van der Waals surface area contributed by atoms with Gasteiger partial charge in [0.2, 0.25) is 0 Å². The van der Waals surface area contributed by atoms with E-state index in [0.717, 1.165) is 18.0 Å². The molecular formula is C16H25N2O2+. The summed E-state index contributed by atoms with van der Waals surface area (Å²) in [7, 11) is 0. The van der Waals surface area contributed by atoms with Crippen LogP contribution in [0.5, 0.6) is 5.75 Å². The number of hydrogen-bond acceptors (Lipinski definition) is 2. The molecule has 1 saturated heterocycles. The molecule has 4 nitrogen and oxygen atoms in total. The zero-order chi connectivity index (χ0) is 14.4. The van der Waals surface area contributed by atoms with Gasteiger partial charge in [0.15, 0.2) is 6.54 Å². The molecule has 2 atom stereocenters. The molecule has 1 fully saturated rings. The lowest BCUT2D eigenvalue weighted by Gasteiger charge is -2.29. The Morgan fingerprint density at radius 1 is 1.35 bits per heavy atom. The van der Waals surface area contributed by atoms with Crippen LogP contribution in [0, 0.1) is 0 Å². The van der Waals surface area contributed by atoms with Crippen molar-refractivity contribution in [1.82, 2.24) is 0 Å². The number of likely N-dealkylation sites (tertiary alicyclic amines) is 1. The number of amides is 1. The van der Waals surface area contributed by atoms with Gasteiger partial charge in [0, 0.05) is 5.69 Å². The molecule has 110 valence electrons. The minimum absolute atomic E-state index is 0.0953. The molecule has 1 amide bonds. The van der Waals surface area contributed by atoms with Gasteiger partial charge in [-0.15, -0.1) is 0 Å². The molecule has 1 unspecified atom stereocenters. The zero-order valence-corrected chi connectivity index (χ0v) is 12.4. The standard InChI is InChI=1S/C16H24N2O2/c1-3-20-15-9-7-14(8-10-15)17-16(19)12-18-11-5-4-6-13(18)2/h7-10,13H,3-6,11-12H2,1-2H3,(H,17,19)/p+1/t13-/m0/s1. The second-order valence-electron chi connectivity index (χ2n) is 5.49. The molecule has 20 heavy (non-hydrogen) atoms. The number of carbonyl (C=O) groups is 1. The Kier molecular flexibility index (Phi) is 5.41. The number of carbonyl (C=O) groups excluding carboxylic acids is 1. The molecule has 2 rings (SSSR count). The van der Waals surface area contributed by atoms with Gasteiger partial charge in [0.25, 0.3) is 5.91 Å². The molecule has 1 aliphatic heterocycles. The maximum Gasteiger partial charge on any atom is 0.279 e. The molecule has 1 aromatic carbocycles. The second kappa shape index (κ2) is 7.29. The minimum atomic E-state index is 0.0953. The highest BCUT2D eigenvalue weighted by Crippen LogP contribution is 2.15. The van der Waals surface area contributed by atoms with E-state index >= 15 is 0 Å². The Bertz CT molecular complexity index is 431. The van der Waals surface area contributed by atoms with E-state index in [1.54, 1.807) is 0 Å². The first-order valence-electron chi connectivity index (χ1n) is 7.56. The van der Waals surface area contributed by atoms with E-state index in [9.17, 15) is 4.79 Å². The summed E-state index contributed by atoms with van der Waals surface area (Å²) in [6.45, 7) is 6.52. The minimum Gasteiger partial charge on any atom is -0.494 e. The number of ether oxygens (including phenoxy) is 1. The van der Waals surface area contributed by atoms with Crippen molar-refractivity contribution >= 4 is 11.6 Å². The second-order valence-corrected chi connectivity index (χ2v) is 5.49. The van der Waals surface area contributed by atoms with Crippen LogP contribution in [0.2, 0.25) is 0 Å². The quantitative estimate of drug-likeness (QED) is 0.856. The van der Waals surface area contributed by atoms with Gasteiger partial charge >= 0.3 is 0 Å². The van der Waals surface area contributed by atoms with E-state index in [0.29, 0.717) is 19.2 Å². The van der Waals surface area contributed by atoms with Crippen molar-refractivity contribution in [3.63, 3.8) is 0 Å². The third-order valence-corrected chi connectivity index (χ3v) is 3.92. The van der Waals surface area contributed by atoms with Crippen molar-refractivity contribution in [2.24, 2.45) is 0 Å². The third-order valence-electron chi connectivity index (χ3n) is 3.92. The van der Waals surface area contributed by atoms with Gasteiger partial charge in [-0.05, 0) is 57.4 Å². The summed E-state index contributed by atoms with van der Waals surface area (Å²) in [5.74, 6) is 0.929. The normalized spacial score (nSPS) is 22.3. The average Bonchev–Trinajstić information content (AvgIpc) is 2.44. The Morgan fingerprint density at radius 2 is 2.10 bits per heavy atom. The van der Waals surface area contributed by atoms with E-state index in [1.807, 2.05) is 31.2 Å². The largest absolute Gasteiger partial charge is 0.494 e. The molecule has 0 saturated carbocycles. The molecule has 0 aromatic heterocycles. The summed E-state index contributed by atoms with van der Waals surface area (Å²) < 4.78 is 5.38. The maximum absolute atomic E-state index is 12.1. The zero-order valence-electron chi connectivity index (χ0n) is 12.4. The van der Waals surface area contributed by atoms with Crippen LogP contribution in [0.25, 0.3) is 0 Å². The summed E-state index contributed by atoms with van der Waals surface area (Å²) in [4.78, 5) is 13.5. The van der Waals surface area contributed by atoms with Crippen LogP contribution in [0.15, 0.2) is 24.3 Å². The molecule has 1 aromatic rings. The van der Waals surface area contributed by atoms with E-state index < -0.39 is 0 Å². The first kappa shape index (κ1) is 14.9. The fourth-order valence-corrected chi connectivity index (χ4v) is 2.73. The van der Waals surface area contributed by atoms with Crippen LogP contribution in [-0.4, -0.2) is 31.6 Å². The molecule has 0 spiro atoms. The van der Waals surface area contributed by atoms with Gasteiger partial charge in [-0.1, -0.05) is 0 Å². The van der Waals surface area contributed by atoms with Crippen molar-refractivity contribution in [2.75, 3.05) is 25.0 Å². The Hall–Kier alpha value is -1.55. The van der Waals surface area contributed by atoms with Gasteiger partial charge in [-0.2, -0.15) is 0 Å². The van der Waals surface area contributed by atoms with Crippen molar-refractivity contribution in [2.45, 2.75) is 39.2 Å². The highest BCUT2D eigenvalue weighted by Gasteiger charge is 2.24. The number of piperidine rings is 1. The number of rotatable bonds is 5. The molecule has 0 radical (unpaired) electrons. The van der Waals surface area contributed by atoms with Crippen molar-refractivity contribution in [3.05, 3.63) is 24.3 Å². The van der Waals surface area contributed by atoms with E-state index in [2.05, 4.69) is 12.2 Å². The summed E-state index contributed by atoms with van der Waals surface area (Å²) in [5.41, 5.74) is 0.836. The summed E-state index contributed by atoms with van der Waals surface area (Å²) in [5, 5.41) is 2.96. The maximum atomic E-state index is 12.1. The number of quaternary nitrogens is 1. The Labute approximate surface area is 121 Å². The fourth-order valence-electron chi connectivity index (χ4n) is 2.73. The first-order valence-corrected chi connectivity index (χ1v) is 7.56. The SMILES string of the molecule is CCOc1ccc(NC(=O)C[NH+]2CCCC[C@@H]2C)cc1. The lowest BCUT2D eigenvalue weighted by molar-refractivity contribution is -0.920. The van der Waals surface area contributed by atoms with E-state index in [1.165, 1.54) is 24.2 Å². The lowest BCUT2D eigenvalue weighted by atomic mass is 10.0. The Morgan fingerprint density at radius 3 is 2.75 bits per heavy atom. The smallest absolute Gasteiger partial charge is 0.279 e. The number of benzene rings is 1. The first-order chi connectivity index (χ1) is 9.69. The molecular weight excluding hydrogens is 252 g/mol. The summed E-state index contributed by atoms with van der Waals surface area (Å²) in [6, 6.07) is 8.13.